The fraction of sp³-hybridized carbons (Fsp3) is 1.00. The van der Waals surface area contributed by atoms with Gasteiger partial charge in [-0.25, -0.2) is 5.11 Å². The molecule has 0 aromatic rings. The van der Waals surface area contributed by atoms with E-state index in [0.717, 1.165) is 0 Å². The van der Waals surface area contributed by atoms with Crippen molar-refractivity contribution in [3.63, 3.8) is 0 Å². The molecule has 1 atom stereocenters. The molecule has 1 unspecified atom stereocenters. The Morgan fingerprint density at radius 2 is 1.91 bits per heavy atom. The van der Waals surface area contributed by atoms with Gasteiger partial charge in [-0.3, -0.25) is 0 Å². The largest absolute Gasteiger partial charge is 0.350 e. The molecule has 0 aliphatic rings. The van der Waals surface area contributed by atoms with Gasteiger partial charge in [-0.2, -0.15) is 0 Å². The highest BCUT2D eigenvalue weighted by atomic mass is 16.7. The van der Waals surface area contributed by atoms with Crippen LogP contribution in [0, 0.1) is 0 Å². The number of hydrogen-bond donors (Lipinski definition) is 0. The molecule has 0 aromatic heterocycles. The molecule has 0 aromatic carbocycles. The molecule has 0 fully saturated rings. The van der Waals surface area contributed by atoms with E-state index in [1.807, 2.05) is 20.8 Å². The number of hydrogen-bond acceptors (Lipinski definition) is 2. The first-order chi connectivity index (χ1) is 4.95. The van der Waals surface area contributed by atoms with Crippen molar-refractivity contribution >= 4 is 0 Å². The molecule has 0 spiro atoms. The molecule has 0 bridgehead atoms. The van der Waals surface area contributed by atoms with E-state index in [0.29, 0.717) is 6.42 Å². The summed E-state index contributed by atoms with van der Waals surface area (Å²) in [6.07, 6.45) is -0.467. The van der Waals surface area contributed by atoms with Crippen LogP contribution >= 0.6 is 0 Å². The molecule has 0 amide bonds. The van der Waals surface area contributed by atoms with E-state index in [2.05, 4.69) is 0 Å². The molecule has 3 nitrogen and oxygen atoms in total. The third-order valence-corrected chi connectivity index (χ3v) is 1.08. The predicted octanol–water partition coefficient (Wildman–Crippen LogP) is 1.94. The number of rotatable bonds is 4. The Bertz CT molecular complexity index is 96.0. The van der Waals surface area contributed by atoms with Gasteiger partial charge in [0.25, 0.3) is 0 Å². The molecule has 0 aliphatic carbocycles. The zero-order valence-electron chi connectivity index (χ0n) is 7.72. The summed E-state index contributed by atoms with van der Waals surface area (Å²) in [4.78, 5) is 0. The molecular weight excluding hydrogens is 144 g/mol. The first-order valence-electron chi connectivity index (χ1n) is 3.87. The molecular formula is C8H17O3. The highest BCUT2D eigenvalue weighted by Gasteiger charge is 2.11. The normalized spacial score (nSPS) is 15.0. The highest BCUT2D eigenvalue weighted by Crippen LogP contribution is 2.07. The maximum atomic E-state index is 10.7. The van der Waals surface area contributed by atoms with Crippen molar-refractivity contribution in [3.05, 3.63) is 0 Å². The molecule has 3 heteroatoms. The van der Waals surface area contributed by atoms with Crippen molar-refractivity contribution in [3.8, 4) is 0 Å². The van der Waals surface area contributed by atoms with Crippen molar-refractivity contribution in [2.45, 2.75) is 46.0 Å². The predicted molar refractivity (Wildman–Crippen MR) is 41.6 cm³/mol. The van der Waals surface area contributed by atoms with Gasteiger partial charge in [0.15, 0.2) is 13.1 Å². The van der Waals surface area contributed by atoms with E-state index in [1.54, 1.807) is 6.92 Å². The van der Waals surface area contributed by atoms with Crippen LogP contribution in [0.5, 0.6) is 0 Å². The Morgan fingerprint density at radius 1 is 1.36 bits per heavy atom. The van der Waals surface area contributed by atoms with E-state index in [-0.39, 0.29) is 12.4 Å². The van der Waals surface area contributed by atoms with Crippen molar-refractivity contribution in [1.29, 1.82) is 0 Å². The van der Waals surface area contributed by atoms with Crippen LogP contribution < -0.4 is 0 Å². The SMILES string of the molecule is CCC([O])OCOC(C)(C)C. The average molecular weight is 161 g/mol. The molecule has 1 radical (unpaired) electrons. The summed E-state index contributed by atoms with van der Waals surface area (Å²) >= 11 is 0. The second-order valence-electron chi connectivity index (χ2n) is 3.38. The zero-order valence-corrected chi connectivity index (χ0v) is 7.72. The van der Waals surface area contributed by atoms with E-state index in [4.69, 9.17) is 9.47 Å². The van der Waals surface area contributed by atoms with Gasteiger partial charge in [0.1, 0.15) is 0 Å². The molecule has 0 aliphatic heterocycles. The van der Waals surface area contributed by atoms with Gasteiger partial charge >= 0.3 is 0 Å². The lowest BCUT2D eigenvalue weighted by Crippen LogP contribution is -2.23. The summed E-state index contributed by atoms with van der Waals surface area (Å²) in [6, 6.07) is 0. The molecule has 0 saturated heterocycles. The Labute approximate surface area is 68.3 Å². The first-order valence-corrected chi connectivity index (χ1v) is 3.87. The van der Waals surface area contributed by atoms with E-state index in [9.17, 15) is 5.11 Å². The highest BCUT2D eigenvalue weighted by molar-refractivity contribution is 4.56. The Hall–Kier alpha value is -0.120. The zero-order chi connectivity index (χ0) is 8.91. The lowest BCUT2D eigenvalue weighted by molar-refractivity contribution is -0.218. The van der Waals surface area contributed by atoms with Crippen LogP contribution in [-0.4, -0.2) is 18.7 Å². The summed E-state index contributed by atoms with van der Waals surface area (Å²) in [7, 11) is 0. The third-order valence-electron chi connectivity index (χ3n) is 1.08. The van der Waals surface area contributed by atoms with E-state index < -0.39 is 6.29 Å². The summed E-state index contributed by atoms with van der Waals surface area (Å²) in [5.41, 5.74) is -0.229. The Kier molecular flexibility index (Phi) is 4.65. The van der Waals surface area contributed by atoms with Gasteiger partial charge in [0.05, 0.1) is 5.60 Å². The third kappa shape index (κ3) is 7.78. The topological polar surface area (TPSA) is 38.4 Å². The second-order valence-corrected chi connectivity index (χ2v) is 3.38. The quantitative estimate of drug-likeness (QED) is 0.591. The van der Waals surface area contributed by atoms with Crippen LogP contribution in [0.25, 0.3) is 0 Å². The summed E-state index contributed by atoms with van der Waals surface area (Å²) in [5, 5.41) is 10.7. The van der Waals surface area contributed by atoms with Crippen LogP contribution in [0.1, 0.15) is 34.1 Å². The van der Waals surface area contributed by atoms with Crippen molar-refractivity contribution in [1.82, 2.24) is 0 Å². The standard InChI is InChI=1S/C8H17O3/c1-5-7(9)10-6-11-8(2,3)4/h7H,5-6H2,1-4H3. The van der Waals surface area contributed by atoms with Gasteiger partial charge in [0.2, 0.25) is 0 Å². The van der Waals surface area contributed by atoms with Crippen LogP contribution in [-0.2, 0) is 14.6 Å². The van der Waals surface area contributed by atoms with E-state index in [1.165, 1.54) is 0 Å². The second kappa shape index (κ2) is 4.70. The van der Waals surface area contributed by atoms with E-state index >= 15 is 0 Å². The van der Waals surface area contributed by atoms with Crippen LogP contribution in [0.3, 0.4) is 0 Å². The smallest absolute Gasteiger partial charge is 0.193 e. The minimum atomic E-state index is -0.947. The molecule has 0 N–H and O–H groups in total. The summed E-state index contributed by atoms with van der Waals surface area (Å²) < 4.78 is 9.97. The Balaban J connectivity index is 3.28. The van der Waals surface area contributed by atoms with Gasteiger partial charge in [-0.1, -0.05) is 6.92 Å². The van der Waals surface area contributed by atoms with Gasteiger partial charge < -0.3 is 9.47 Å². The van der Waals surface area contributed by atoms with Gasteiger partial charge in [0, 0.05) is 0 Å². The van der Waals surface area contributed by atoms with Gasteiger partial charge in [-0.15, -0.1) is 0 Å². The molecule has 0 rings (SSSR count). The van der Waals surface area contributed by atoms with Crippen LogP contribution in [0.2, 0.25) is 0 Å². The van der Waals surface area contributed by atoms with Crippen molar-refractivity contribution < 1.29 is 14.6 Å². The minimum Gasteiger partial charge on any atom is -0.350 e. The summed E-state index contributed by atoms with van der Waals surface area (Å²) in [5.74, 6) is 0. The summed E-state index contributed by atoms with van der Waals surface area (Å²) in [6.45, 7) is 7.63. The van der Waals surface area contributed by atoms with Crippen molar-refractivity contribution in [2.24, 2.45) is 0 Å². The molecule has 0 saturated carbocycles. The lowest BCUT2D eigenvalue weighted by Gasteiger charge is -2.19. The maximum absolute atomic E-state index is 10.7. The Morgan fingerprint density at radius 3 is 2.27 bits per heavy atom. The van der Waals surface area contributed by atoms with Crippen LogP contribution in [0.15, 0.2) is 0 Å². The molecule has 11 heavy (non-hydrogen) atoms. The fourth-order valence-electron chi connectivity index (χ4n) is 0.405. The first kappa shape index (κ1) is 10.9. The van der Waals surface area contributed by atoms with Gasteiger partial charge in [-0.05, 0) is 27.2 Å². The van der Waals surface area contributed by atoms with Crippen molar-refractivity contribution in [2.75, 3.05) is 6.79 Å². The minimum absolute atomic E-state index is 0.0888. The fourth-order valence-corrected chi connectivity index (χ4v) is 0.405. The molecule has 0 heterocycles. The maximum Gasteiger partial charge on any atom is 0.193 e. The number of ether oxygens (including phenoxy) is 2. The molecule has 67 valence electrons. The van der Waals surface area contributed by atoms with Crippen LogP contribution in [0.4, 0.5) is 0 Å². The average Bonchev–Trinajstić information content (AvgIpc) is 1.85. The monoisotopic (exact) mass is 161 g/mol. The lowest BCUT2D eigenvalue weighted by atomic mass is 10.2.